The number of rotatable bonds is 3. The molecule has 5 rings (SSSR count). The largest absolute Gasteiger partial charge is 0.434 e. The Morgan fingerprint density at radius 1 is 1.26 bits per heavy atom. The first-order valence-electron chi connectivity index (χ1n) is 9.85. The molecule has 3 N–H and O–H groups in total. The first-order valence-corrected chi connectivity index (χ1v) is 10.7. The molecule has 5 heterocycles. The van der Waals surface area contributed by atoms with Gasteiger partial charge in [-0.1, -0.05) is 11.8 Å². The smallest absolute Gasteiger partial charge is 0.379 e. The molecule has 2 aliphatic heterocycles. The molecule has 12 heteroatoms. The molecule has 8 nitrogen and oxygen atoms in total. The summed E-state index contributed by atoms with van der Waals surface area (Å²) < 4.78 is 45.3. The number of nitrogens with one attached hydrogen (secondary N) is 1. The van der Waals surface area contributed by atoms with Crippen LogP contribution in [0, 0.1) is 5.41 Å². The van der Waals surface area contributed by atoms with Gasteiger partial charge >= 0.3 is 6.18 Å². The van der Waals surface area contributed by atoms with Crippen LogP contribution in [0.2, 0.25) is 0 Å². The van der Waals surface area contributed by atoms with Crippen molar-refractivity contribution in [3.63, 3.8) is 0 Å². The van der Waals surface area contributed by atoms with Crippen molar-refractivity contribution in [2.75, 3.05) is 31.2 Å². The minimum atomic E-state index is -4.55. The standard InChI is InChI=1S/C19H20F3N7OS/c20-19(21,22)15-11(2-1-5-24-15)31-17-14-16(27-28-17)26-13(8-25-14)29-6-3-18(4-7-29)10-30-9-12(18)23/h1-2,5,8,12H,3-4,6-7,9-10,23H2,(H,26,27,28). The van der Waals surface area contributed by atoms with Crippen LogP contribution in [0.4, 0.5) is 19.0 Å². The molecule has 1 unspecified atom stereocenters. The van der Waals surface area contributed by atoms with Crippen molar-refractivity contribution in [2.45, 2.75) is 35.0 Å². The number of hydrogen-bond donors (Lipinski definition) is 2. The van der Waals surface area contributed by atoms with Crippen molar-refractivity contribution in [1.82, 2.24) is 25.1 Å². The van der Waals surface area contributed by atoms with Crippen molar-refractivity contribution in [3.05, 3.63) is 30.2 Å². The lowest BCUT2D eigenvalue weighted by atomic mass is 9.75. The number of hydrogen-bond acceptors (Lipinski definition) is 8. The van der Waals surface area contributed by atoms with Gasteiger partial charge in [-0.15, -0.1) is 0 Å². The number of anilines is 1. The number of H-pyrrole nitrogens is 1. The Morgan fingerprint density at radius 2 is 2.06 bits per heavy atom. The van der Waals surface area contributed by atoms with E-state index >= 15 is 0 Å². The molecule has 164 valence electrons. The third-order valence-corrected chi connectivity index (χ3v) is 7.06. The zero-order chi connectivity index (χ0) is 21.6. The molecule has 1 atom stereocenters. The van der Waals surface area contributed by atoms with Crippen molar-refractivity contribution in [1.29, 1.82) is 0 Å². The van der Waals surface area contributed by atoms with Crippen LogP contribution in [0.1, 0.15) is 18.5 Å². The van der Waals surface area contributed by atoms with Gasteiger partial charge in [0.1, 0.15) is 11.3 Å². The average Bonchev–Trinajstić information content (AvgIpc) is 3.31. The van der Waals surface area contributed by atoms with E-state index < -0.39 is 11.9 Å². The van der Waals surface area contributed by atoms with Gasteiger partial charge in [-0.25, -0.2) is 9.97 Å². The second kappa shape index (κ2) is 7.61. The number of halogens is 3. The van der Waals surface area contributed by atoms with E-state index in [2.05, 4.69) is 30.0 Å². The number of piperidine rings is 1. The fourth-order valence-electron chi connectivity index (χ4n) is 4.15. The minimum absolute atomic E-state index is 0.0335. The maximum absolute atomic E-state index is 13.2. The Kier molecular flexibility index (Phi) is 5.02. The van der Waals surface area contributed by atoms with Crippen LogP contribution in [0.25, 0.3) is 11.2 Å². The third-order valence-electron chi connectivity index (χ3n) is 6.03. The van der Waals surface area contributed by atoms with E-state index in [-0.39, 0.29) is 16.4 Å². The number of aromatic nitrogens is 5. The van der Waals surface area contributed by atoms with Gasteiger partial charge < -0.3 is 15.4 Å². The normalized spacial score (nSPS) is 21.3. The summed E-state index contributed by atoms with van der Waals surface area (Å²) in [7, 11) is 0. The van der Waals surface area contributed by atoms with E-state index in [4.69, 9.17) is 10.5 Å². The Balaban J connectivity index is 1.36. The van der Waals surface area contributed by atoms with Crippen molar-refractivity contribution < 1.29 is 17.9 Å². The lowest BCUT2D eigenvalue weighted by Gasteiger charge is -2.41. The SMILES string of the molecule is NC1COCC12CCN(c1cnc3c(Sc4cccnc4C(F)(F)F)n[nH]c3n1)CC2. The first kappa shape index (κ1) is 20.5. The van der Waals surface area contributed by atoms with Crippen molar-refractivity contribution in [2.24, 2.45) is 11.1 Å². The molecule has 0 bridgehead atoms. The van der Waals surface area contributed by atoms with Crippen LogP contribution in [-0.2, 0) is 10.9 Å². The number of pyridine rings is 1. The lowest BCUT2D eigenvalue weighted by molar-refractivity contribution is -0.143. The highest BCUT2D eigenvalue weighted by Gasteiger charge is 2.44. The zero-order valence-corrected chi connectivity index (χ0v) is 17.2. The van der Waals surface area contributed by atoms with Gasteiger partial charge in [0.15, 0.2) is 16.4 Å². The van der Waals surface area contributed by atoms with E-state index in [1.165, 1.54) is 12.1 Å². The Hall–Kier alpha value is -2.44. The Morgan fingerprint density at radius 3 is 2.77 bits per heavy atom. The van der Waals surface area contributed by atoms with Gasteiger partial charge in [0, 0.05) is 35.6 Å². The Labute approximate surface area is 179 Å². The fourth-order valence-corrected chi connectivity index (χ4v) is 5.11. The number of ether oxygens (including phenoxy) is 1. The maximum atomic E-state index is 13.2. The van der Waals surface area contributed by atoms with Gasteiger partial charge in [0.05, 0.1) is 19.4 Å². The number of nitrogens with two attached hydrogens (primary N) is 1. The predicted octanol–water partition coefficient (Wildman–Crippen LogP) is 2.86. The monoisotopic (exact) mass is 451 g/mol. The highest BCUT2D eigenvalue weighted by atomic mass is 32.2. The highest BCUT2D eigenvalue weighted by Crippen LogP contribution is 2.41. The number of fused-ring (bicyclic) bond motifs is 1. The van der Waals surface area contributed by atoms with E-state index in [0.29, 0.717) is 35.2 Å². The molecule has 0 saturated carbocycles. The number of alkyl halides is 3. The molecular formula is C19H20F3N7OS. The van der Waals surface area contributed by atoms with E-state index in [1.807, 2.05) is 0 Å². The molecule has 2 fully saturated rings. The molecular weight excluding hydrogens is 431 g/mol. The molecule has 0 aromatic carbocycles. The van der Waals surface area contributed by atoms with Gasteiger partial charge in [-0.3, -0.25) is 10.1 Å². The average molecular weight is 451 g/mol. The molecule has 31 heavy (non-hydrogen) atoms. The zero-order valence-electron chi connectivity index (χ0n) is 16.4. The van der Waals surface area contributed by atoms with Gasteiger partial charge in [-0.05, 0) is 25.0 Å². The summed E-state index contributed by atoms with van der Waals surface area (Å²) in [6.07, 6.45) is 0.0410. The summed E-state index contributed by atoms with van der Waals surface area (Å²) in [5.41, 5.74) is 6.18. The molecule has 3 aromatic rings. The van der Waals surface area contributed by atoms with Crippen LogP contribution >= 0.6 is 11.8 Å². The van der Waals surface area contributed by atoms with Crippen molar-refractivity contribution in [3.8, 4) is 0 Å². The summed E-state index contributed by atoms with van der Waals surface area (Å²) in [6.45, 7) is 2.88. The van der Waals surface area contributed by atoms with Gasteiger partial charge in [0.2, 0.25) is 0 Å². The summed E-state index contributed by atoms with van der Waals surface area (Å²) in [6, 6.07) is 2.88. The van der Waals surface area contributed by atoms with E-state index in [0.717, 1.165) is 43.9 Å². The van der Waals surface area contributed by atoms with Gasteiger partial charge in [0.25, 0.3) is 0 Å². The first-order chi connectivity index (χ1) is 14.9. The molecule has 0 radical (unpaired) electrons. The molecule has 2 saturated heterocycles. The van der Waals surface area contributed by atoms with Crippen LogP contribution in [0.5, 0.6) is 0 Å². The van der Waals surface area contributed by atoms with E-state index in [1.54, 1.807) is 6.20 Å². The quantitative estimate of drug-likeness (QED) is 0.626. The second-order valence-corrected chi connectivity index (χ2v) is 8.91. The molecule has 1 spiro atoms. The second-order valence-electron chi connectivity index (χ2n) is 7.88. The topological polar surface area (TPSA) is 106 Å². The number of nitrogens with zero attached hydrogens (tertiary/aromatic N) is 5. The Bertz CT molecular complexity index is 1100. The summed E-state index contributed by atoms with van der Waals surface area (Å²) in [5.74, 6) is 0.701. The molecule has 0 amide bonds. The van der Waals surface area contributed by atoms with Crippen molar-refractivity contribution >= 4 is 28.7 Å². The minimum Gasteiger partial charge on any atom is -0.379 e. The van der Waals surface area contributed by atoms with E-state index in [9.17, 15) is 13.2 Å². The summed E-state index contributed by atoms with van der Waals surface area (Å²) >= 11 is 0.863. The summed E-state index contributed by atoms with van der Waals surface area (Å²) in [5, 5.41) is 7.24. The van der Waals surface area contributed by atoms with Crippen LogP contribution in [-0.4, -0.2) is 57.5 Å². The highest BCUT2D eigenvalue weighted by molar-refractivity contribution is 7.99. The summed E-state index contributed by atoms with van der Waals surface area (Å²) in [4.78, 5) is 14.6. The third kappa shape index (κ3) is 3.72. The fraction of sp³-hybridized carbons (Fsp3) is 0.474. The molecule has 2 aliphatic rings. The number of aromatic amines is 1. The van der Waals surface area contributed by atoms with Crippen LogP contribution in [0.3, 0.4) is 0 Å². The van der Waals surface area contributed by atoms with Gasteiger partial charge in [-0.2, -0.15) is 18.3 Å². The van der Waals surface area contributed by atoms with Crippen LogP contribution in [0.15, 0.2) is 34.4 Å². The maximum Gasteiger partial charge on any atom is 0.434 e. The predicted molar refractivity (Wildman–Crippen MR) is 108 cm³/mol. The lowest BCUT2D eigenvalue weighted by Crippen LogP contribution is -2.49. The molecule has 0 aliphatic carbocycles. The molecule has 3 aromatic heterocycles. The van der Waals surface area contributed by atoms with Crippen LogP contribution < -0.4 is 10.6 Å².